The predicted octanol–water partition coefficient (Wildman–Crippen LogP) is 5.32. The Morgan fingerprint density at radius 1 is 0.796 bits per heavy atom. The zero-order chi connectivity index (χ0) is 39.5. The summed E-state index contributed by atoms with van der Waals surface area (Å²) in [6.07, 6.45) is 2.10. The number of rotatable bonds is 22. The Bertz CT molecular complexity index is 1550. The van der Waals surface area contributed by atoms with Crippen LogP contribution in [-0.4, -0.2) is 91.1 Å². The number of Topliss-reactive ketones (excluding diaryl/α,β-unsaturated/α-hetero) is 3. The molecule has 0 aromatic heterocycles. The summed E-state index contributed by atoms with van der Waals surface area (Å²) in [5, 5.41) is 6.03. The lowest BCUT2D eigenvalue weighted by molar-refractivity contribution is -0.135. The summed E-state index contributed by atoms with van der Waals surface area (Å²) >= 11 is 0. The molecule has 296 valence electrons. The van der Waals surface area contributed by atoms with Crippen LogP contribution in [0.2, 0.25) is 18.6 Å². The van der Waals surface area contributed by atoms with Gasteiger partial charge in [0.15, 0.2) is 19.9 Å². The number of hydrogen-bond donors (Lipinski definition) is 3. The van der Waals surface area contributed by atoms with Gasteiger partial charge in [0, 0.05) is 24.7 Å². The van der Waals surface area contributed by atoms with Crippen molar-refractivity contribution in [1.29, 1.82) is 0 Å². The number of nitrogens with zero attached hydrogens (tertiary/aromatic N) is 1. The highest BCUT2D eigenvalue weighted by atomic mass is 28.4. The van der Waals surface area contributed by atoms with E-state index in [2.05, 4.69) is 15.5 Å². The zero-order valence-electron chi connectivity index (χ0n) is 33.3. The van der Waals surface area contributed by atoms with Crippen molar-refractivity contribution >= 4 is 37.5 Å². The Hall–Kier alpha value is -3.51. The lowest BCUT2D eigenvalue weighted by Gasteiger charge is -2.33. The van der Waals surface area contributed by atoms with Crippen LogP contribution in [0.3, 0.4) is 0 Å². The molecule has 2 aromatic carbocycles. The van der Waals surface area contributed by atoms with E-state index in [1.54, 1.807) is 6.92 Å². The van der Waals surface area contributed by atoms with Gasteiger partial charge in [-0.05, 0) is 93.7 Å². The Morgan fingerprint density at radius 3 is 1.87 bits per heavy atom. The van der Waals surface area contributed by atoms with Crippen molar-refractivity contribution in [3.05, 3.63) is 71.8 Å². The van der Waals surface area contributed by atoms with E-state index in [9.17, 15) is 28.8 Å². The fourth-order valence-electron chi connectivity index (χ4n) is 7.28. The fraction of sp³-hybridized carbons (Fsp3) is 0.605. The van der Waals surface area contributed by atoms with Gasteiger partial charge < -0.3 is 20.2 Å². The van der Waals surface area contributed by atoms with E-state index >= 15 is 0 Å². The molecule has 0 aliphatic carbocycles. The average molecular weight is 762 g/mol. The van der Waals surface area contributed by atoms with Crippen LogP contribution in [-0.2, 0) is 41.6 Å². The summed E-state index contributed by atoms with van der Waals surface area (Å²) in [6, 6.07) is 19.2. The predicted molar refractivity (Wildman–Crippen MR) is 213 cm³/mol. The third-order valence-electron chi connectivity index (χ3n) is 10.8. The van der Waals surface area contributed by atoms with Gasteiger partial charge in [0.2, 0.25) is 11.8 Å². The quantitative estimate of drug-likeness (QED) is 0.108. The number of ketones is 3. The van der Waals surface area contributed by atoms with Gasteiger partial charge in [-0.1, -0.05) is 88.4 Å². The molecule has 11 heteroatoms. The number of ether oxygens (including phenoxy) is 1. The minimum atomic E-state index is -2.19. The first kappa shape index (κ1) is 43.2. The van der Waals surface area contributed by atoms with Gasteiger partial charge >= 0.3 is 0 Å². The topological polar surface area (TPSA) is 145 Å². The van der Waals surface area contributed by atoms with E-state index in [0.717, 1.165) is 23.2 Å². The molecule has 0 bridgehead atoms. The average Bonchev–Trinajstić information content (AvgIpc) is 3.88. The van der Waals surface area contributed by atoms with Crippen LogP contribution >= 0.6 is 0 Å². The third-order valence-corrected chi connectivity index (χ3v) is 13.4. The maximum atomic E-state index is 14.3. The van der Waals surface area contributed by atoms with Crippen LogP contribution in [0.5, 0.6) is 0 Å². The first-order valence-corrected chi connectivity index (χ1v) is 22.8. The maximum absolute atomic E-state index is 14.3. The molecule has 0 saturated carbocycles. The van der Waals surface area contributed by atoms with Gasteiger partial charge in [0.25, 0.3) is 0 Å². The van der Waals surface area contributed by atoms with Gasteiger partial charge in [-0.25, -0.2) is 0 Å². The van der Waals surface area contributed by atoms with Crippen LogP contribution in [0.4, 0.5) is 0 Å². The molecular weight excluding hydrogens is 699 g/mol. The molecule has 3 N–H and O–H groups in total. The molecule has 2 aliphatic heterocycles. The van der Waals surface area contributed by atoms with Crippen LogP contribution in [0.25, 0.3) is 0 Å². The van der Waals surface area contributed by atoms with Gasteiger partial charge in [0.1, 0.15) is 11.4 Å². The smallest absolute Gasteiger partial charge is 0.224 e. The highest BCUT2D eigenvalue weighted by Crippen LogP contribution is 2.30. The maximum Gasteiger partial charge on any atom is 0.224 e. The largest absolute Gasteiger partial charge is 0.432 e. The fourth-order valence-corrected chi connectivity index (χ4v) is 9.12. The molecule has 2 heterocycles. The summed E-state index contributed by atoms with van der Waals surface area (Å²) in [4.78, 5) is 81.8. The Balaban J connectivity index is 1.51. The number of carbonyl (C=O) groups excluding carboxylic acids is 5. The van der Waals surface area contributed by atoms with E-state index in [1.165, 1.54) is 0 Å². The molecule has 4 rings (SSSR count). The van der Waals surface area contributed by atoms with E-state index in [4.69, 9.17) is 4.74 Å². The van der Waals surface area contributed by atoms with Gasteiger partial charge in [0.05, 0.1) is 25.2 Å². The monoisotopic (exact) mass is 761 g/mol. The second-order valence-electron chi connectivity index (χ2n) is 17.1. The van der Waals surface area contributed by atoms with Gasteiger partial charge in [-0.2, -0.15) is 0 Å². The number of epoxide rings is 1. The van der Waals surface area contributed by atoms with Crippen molar-refractivity contribution in [2.45, 2.75) is 116 Å². The van der Waals surface area contributed by atoms with Crippen molar-refractivity contribution in [3.8, 4) is 0 Å². The molecule has 0 radical (unpaired) electrons. The number of benzene rings is 2. The molecule has 0 unspecified atom stereocenters. The van der Waals surface area contributed by atoms with Crippen molar-refractivity contribution < 1.29 is 33.5 Å². The van der Waals surface area contributed by atoms with Crippen LogP contribution in [0.1, 0.15) is 77.8 Å². The molecule has 2 amide bonds. The number of nitrogens with one attached hydrogen (secondary N) is 2. The molecule has 2 aromatic rings. The van der Waals surface area contributed by atoms with Gasteiger partial charge in [-0.15, -0.1) is 0 Å². The minimum absolute atomic E-state index is 0.0336. The summed E-state index contributed by atoms with van der Waals surface area (Å²) in [5.74, 6) is -2.37. The lowest BCUT2D eigenvalue weighted by atomic mass is 9.87. The molecule has 2 fully saturated rings. The lowest BCUT2D eigenvalue weighted by Crippen LogP contribution is -2.50. The van der Waals surface area contributed by atoms with Crippen molar-refractivity contribution in [2.24, 2.45) is 23.7 Å². The summed E-state index contributed by atoms with van der Waals surface area (Å²) in [7, 11) is -2.19. The highest BCUT2D eigenvalue weighted by molar-refractivity contribution is 6.71. The second kappa shape index (κ2) is 19.9. The summed E-state index contributed by atoms with van der Waals surface area (Å²) in [5.41, 5.74) is 1.05. The van der Waals surface area contributed by atoms with Crippen LogP contribution in [0, 0.1) is 23.7 Å². The first-order chi connectivity index (χ1) is 25.5. The summed E-state index contributed by atoms with van der Waals surface area (Å²) < 4.78 is 5.43. The van der Waals surface area contributed by atoms with Crippen molar-refractivity contribution in [3.63, 3.8) is 0 Å². The number of hydrogen-bond acceptors (Lipinski definition) is 8. The number of amides is 2. The first-order valence-electron chi connectivity index (χ1n) is 19.9. The standard InChI is InChI=1S/C43H63N3O7Si/c1-30(2)23-37(44-41(50)34(18-17-32-13-9-7-10-14-32)26-36(47)28-46-19-21-54(6,52)22-20-46)39(48)27-35(25-33-15-11-8-12-16-33)42(51)45-38(24-31(3)4)40(49)43(5)29-53-43/h7-16,30-31,34-35,37-38,52H,17-29H2,1-6H3,(H,44,50)(H,45,51)/t34-,35-,37+,38+,43-/m1/s1. The number of aryl methyl sites for hydroxylation is 1. The number of carbonyl (C=O) groups is 5. The van der Waals surface area contributed by atoms with E-state index in [-0.39, 0.29) is 60.4 Å². The highest BCUT2D eigenvalue weighted by Gasteiger charge is 2.50. The normalized spacial score (nSPS) is 20.5. The van der Waals surface area contributed by atoms with E-state index in [1.807, 2.05) is 94.9 Å². The van der Waals surface area contributed by atoms with Crippen molar-refractivity contribution in [2.75, 3.05) is 26.2 Å². The molecule has 0 spiro atoms. The van der Waals surface area contributed by atoms with E-state index < -0.39 is 37.8 Å². The van der Waals surface area contributed by atoms with Crippen LogP contribution in [0.15, 0.2) is 60.7 Å². The molecule has 2 aliphatic rings. The second-order valence-corrected chi connectivity index (χ2v) is 21.1. The SMILES string of the molecule is CC(C)C[C@H](NC(=O)[C@H](CCc1ccccc1)CC(=O)CN1CC[Si](C)(O)CC1)C(=O)C[C@@H](Cc1ccccc1)C(=O)N[C@@H](CC(C)C)C(=O)[C@@]1(C)CO1. The molecule has 2 saturated heterocycles. The summed E-state index contributed by atoms with van der Waals surface area (Å²) in [6.45, 7) is 13.5. The third kappa shape index (κ3) is 14.0. The molecule has 5 atom stereocenters. The molecular formula is C43H63N3O7Si. The molecule has 54 heavy (non-hydrogen) atoms. The van der Waals surface area contributed by atoms with Crippen molar-refractivity contribution in [1.82, 2.24) is 15.5 Å². The van der Waals surface area contributed by atoms with Crippen LogP contribution < -0.4 is 10.6 Å². The van der Waals surface area contributed by atoms with Gasteiger partial charge in [-0.3, -0.25) is 28.9 Å². The zero-order valence-corrected chi connectivity index (χ0v) is 34.3. The minimum Gasteiger partial charge on any atom is -0.432 e. The Kier molecular flexibility index (Phi) is 15.9. The Morgan fingerprint density at radius 2 is 1.31 bits per heavy atom. The molecule has 10 nitrogen and oxygen atoms in total. The van der Waals surface area contributed by atoms with E-state index in [0.29, 0.717) is 51.8 Å². The Labute approximate surface area is 323 Å².